The van der Waals surface area contributed by atoms with E-state index in [2.05, 4.69) is 61.2 Å². The predicted molar refractivity (Wildman–Crippen MR) is 126 cm³/mol. The highest BCUT2D eigenvalue weighted by Gasteiger charge is 2.23. The van der Waals surface area contributed by atoms with Crippen LogP contribution >= 0.6 is 11.3 Å². The van der Waals surface area contributed by atoms with Crippen molar-refractivity contribution in [2.75, 3.05) is 31.1 Å². The molecule has 1 saturated heterocycles. The van der Waals surface area contributed by atoms with Crippen LogP contribution in [0.3, 0.4) is 0 Å². The van der Waals surface area contributed by atoms with Gasteiger partial charge in [0.25, 0.3) is 0 Å². The number of thiazole rings is 1. The quantitative estimate of drug-likeness (QED) is 0.475. The van der Waals surface area contributed by atoms with Crippen LogP contribution in [0.2, 0.25) is 0 Å². The molecule has 1 aromatic heterocycles. The Morgan fingerprint density at radius 1 is 0.967 bits per heavy atom. The summed E-state index contributed by atoms with van der Waals surface area (Å²) in [7, 11) is 0. The molecule has 0 atom stereocenters. The molecule has 5 rings (SSSR count). The van der Waals surface area contributed by atoms with E-state index in [-0.39, 0.29) is 5.91 Å². The van der Waals surface area contributed by atoms with Crippen LogP contribution in [-0.4, -0.2) is 42.0 Å². The molecule has 0 aliphatic carbocycles. The van der Waals surface area contributed by atoms with Crippen LogP contribution < -0.4 is 4.90 Å². The summed E-state index contributed by atoms with van der Waals surface area (Å²) in [5.74, 6) is 0.209. The van der Waals surface area contributed by atoms with Gasteiger partial charge in [-0.25, -0.2) is 4.98 Å². The van der Waals surface area contributed by atoms with E-state index >= 15 is 0 Å². The minimum Gasteiger partial charge on any atom is -0.345 e. The lowest BCUT2D eigenvalue weighted by molar-refractivity contribution is -0.130. The van der Waals surface area contributed by atoms with E-state index in [1.165, 1.54) is 26.6 Å². The van der Waals surface area contributed by atoms with Crippen LogP contribution in [0, 0.1) is 13.8 Å². The second-order valence-corrected chi connectivity index (χ2v) is 9.13. The van der Waals surface area contributed by atoms with Crippen LogP contribution in [0.5, 0.6) is 0 Å². The van der Waals surface area contributed by atoms with Gasteiger partial charge in [0.2, 0.25) is 5.91 Å². The van der Waals surface area contributed by atoms with Gasteiger partial charge in [0, 0.05) is 26.2 Å². The van der Waals surface area contributed by atoms with Gasteiger partial charge in [0.15, 0.2) is 5.13 Å². The first kappa shape index (κ1) is 19.1. The Morgan fingerprint density at radius 2 is 1.73 bits per heavy atom. The summed E-state index contributed by atoms with van der Waals surface area (Å²) in [6.07, 6.45) is 0.463. The maximum absolute atomic E-state index is 12.9. The summed E-state index contributed by atoms with van der Waals surface area (Å²) in [6, 6.07) is 19.0. The SMILES string of the molecule is Cc1cc(C)c2sc(N3CCN(C(=O)Cc4ccc5ccccc5c4)CC3)nc2c1. The molecule has 4 nitrogen and oxygen atoms in total. The average molecular weight is 416 g/mol. The molecule has 1 aliphatic rings. The third-order valence-electron chi connectivity index (χ3n) is 5.88. The summed E-state index contributed by atoms with van der Waals surface area (Å²) in [5.41, 5.74) is 4.71. The zero-order chi connectivity index (χ0) is 20.7. The number of nitrogens with zero attached hydrogens (tertiary/aromatic N) is 3. The van der Waals surface area contributed by atoms with Crippen LogP contribution in [0.15, 0.2) is 54.6 Å². The van der Waals surface area contributed by atoms with Crippen molar-refractivity contribution in [1.29, 1.82) is 0 Å². The number of carbonyl (C=O) groups excluding carboxylic acids is 1. The summed E-state index contributed by atoms with van der Waals surface area (Å²) in [4.78, 5) is 22.0. The van der Waals surface area contributed by atoms with Crippen molar-refractivity contribution in [1.82, 2.24) is 9.88 Å². The molecule has 3 aromatic carbocycles. The zero-order valence-electron chi connectivity index (χ0n) is 17.4. The number of piperazine rings is 1. The molecule has 5 heteroatoms. The van der Waals surface area contributed by atoms with Crippen LogP contribution in [0.4, 0.5) is 5.13 Å². The number of aryl methyl sites for hydroxylation is 2. The Kier molecular flexibility index (Phi) is 4.91. The number of hydrogen-bond acceptors (Lipinski definition) is 4. The second kappa shape index (κ2) is 7.73. The van der Waals surface area contributed by atoms with Gasteiger partial charge in [0.05, 0.1) is 16.6 Å². The molecule has 152 valence electrons. The highest BCUT2D eigenvalue weighted by atomic mass is 32.1. The number of fused-ring (bicyclic) bond motifs is 2. The Hall–Kier alpha value is -2.92. The molecular formula is C25H25N3OS. The molecule has 2 heterocycles. The Balaban J connectivity index is 1.25. The molecular weight excluding hydrogens is 390 g/mol. The van der Waals surface area contributed by atoms with Gasteiger partial charge in [-0.2, -0.15) is 0 Å². The molecule has 1 fully saturated rings. The number of hydrogen-bond donors (Lipinski definition) is 0. The maximum Gasteiger partial charge on any atom is 0.227 e. The Labute approximate surface area is 180 Å². The molecule has 0 N–H and O–H groups in total. The first-order chi connectivity index (χ1) is 14.6. The van der Waals surface area contributed by atoms with Crippen molar-refractivity contribution in [2.24, 2.45) is 0 Å². The van der Waals surface area contributed by atoms with Crippen LogP contribution in [0.25, 0.3) is 21.0 Å². The summed E-state index contributed by atoms with van der Waals surface area (Å²) >= 11 is 1.76. The van der Waals surface area contributed by atoms with E-state index in [9.17, 15) is 4.79 Å². The molecule has 1 aliphatic heterocycles. The fraction of sp³-hybridized carbons (Fsp3) is 0.280. The van der Waals surface area contributed by atoms with Crippen molar-refractivity contribution in [3.05, 3.63) is 71.3 Å². The first-order valence-electron chi connectivity index (χ1n) is 10.4. The lowest BCUT2D eigenvalue weighted by Gasteiger charge is -2.34. The number of carbonyl (C=O) groups is 1. The largest absolute Gasteiger partial charge is 0.345 e. The minimum absolute atomic E-state index is 0.209. The van der Waals surface area contributed by atoms with Crippen molar-refractivity contribution >= 4 is 43.4 Å². The first-order valence-corrected chi connectivity index (χ1v) is 11.3. The normalized spacial score (nSPS) is 14.6. The monoisotopic (exact) mass is 415 g/mol. The third kappa shape index (κ3) is 3.65. The lowest BCUT2D eigenvalue weighted by atomic mass is 10.0. The molecule has 30 heavy (non-hydrogen) atoms. The highest BCUT2D eigenvalue weighted by Crippen LogP contribution is 2.32. The predicted octanol–water partition coefficient (Wildman–Crippen LogP) is 4.96. The maximum atomic E-state index is 12.9. The van der Waals surface area contributed by atoms with Crippen molar-refractivity contribution in [3.8, 4) is 0 Å². The summed E-state index contributed by atoms with van der Waals surface area (Å²) in [5, 5.41) is 3.47. The summed E-state index contributed by atoms with van der Waals surface area (Å²) in [6.45, 7) is 7.44. The number of anilines is 1. The molecule has 0 saturated carbocycles. The fourth-order valence-corrected chi connectivity index (χ4v) is 5.35. The van der Waals surface area contributed by atoms with E-state index in [1.54, 1.807) is 11.3 Å². The zero-order valence-corrected chi connectivity index (χ0v) is 18.2. The third-order valence-corrected chi connectivity index (χ3v) is 7.15. The topological polar surface area (TPSA) is 36.4 Å². The van der Waals surface area contributed by atoms with Gasteiger partial charge in [-0.05, 0) is 47.4 Å². The standard InChI is InChI=1S/C25H25N3OS/c1-17-13-18(2)24-22(14-17)26-25(30-24)28-11-9-27(10-12-28)23(29)16-19-7-8-20-5-3-4-6-21(20)15-19/h3-8,13-15H,9-12,16H2,1-2H3. The van der Waals surface area contributed by atoms with Gasteiger partial charge in [-0.15, -0.1) is 0 Å². The summed E-state index contributed by atoms with van der Waals surface area (Å²) < 4.78 is 1.27. The van der Waals surface area contributed by atoms with Crippen molar-refractivity contribution in [2.45, 2.75) is 20.3 Å². The van der Waals surface area contributed by atoms with E-state index in [1.807, 2.05) is 17.0 Å². The van der Waals surface area contributed by atoms with Gasteiger partial charge in [0.1, 0.15) is 0 Å². The fourth-order valence-electron chi connectivity index (χ4n) is 4.28. The van der Waals surface area contributed by atoms with Gasteiger partial charge < -0.3 is 9.80 Å². The van der Waals surface area contributed by atoms with E-state index in [0.717, 1.165) is 42.4 Å². The number of amides is 1. The molecule has 4 aromatic rings. The second-order valence-electron chi connectivity index (χ2n) is 8.15. The smallest absolute Gasteiger partial charge is 0.227 e. The average Bonchev–Trinajstić information content (AvgIpc) is 3.18. The molecule has 1 amide bonds. The highest BCUT2D eigenvalue weighted by molar-refractivity contribution is 7.22. The lowest BCUT2D eigenvalue weighted by Crippen LogP contribution is -2.49. The van der Waals surface area contributed by atoms with Crippen molar-refractivity contribution < 1.29 is 4.79 Å². The van der Waals surface area contributed by atoms with Crippen LogP contribution in [0.1, 0.15) is 16.7 Å². The molecule has 0 bridgehead atoms. The van der Waals surface area contributed by atoms with E-state index < -0.39 is 0 Å². The number of rotatable bonds is 3. The Bertz CT molecular complexity index is 1240. The minimum atomic E-state index is 0.209. The van der Waals surface area contributed by atoms with Gasteiger partial charge in [-0.3, -0.25) is 4.79 Å². The van der Waals surface area contributed by atoms with Gasteiger partial charge >= 0.3 is 0 Å². The number of benzene rings is 3. The van der Waals surface area contributed by atoms with Crippen molar-refractivity contribution in [3.63, 3.8) is 0 Å². The van der Waals surface area contributed by atoms with E-state index in [4.69, 9.17) is 4.98 Å². The molecule has 0 spiro atoms. The molecule has 0 unspecified atom stereocenters. The molecule has 0 radical (unpaired) electrons. The van der Waals surface area contributed by atoms with E-state index in [0.29, 0.717) is 6.42 Å². The van der Waals surface area contributed by atoms with Crippen LogP contribution in [-0.2, 0) is 11.2 Å². The number of aromatic nitrogens is 1. The Morgan fingerprint density at radius 3 is 2.53 bits per heavy atom. The van der Waals surface area contributed by atoms with Gasteiger partial charge in [-0.1, -0.05) is 59.9 Å².